The van der Waals surface area contributed by atoms with Gasteiger partial charge in [0.25, 0.3) is 0 Å². The average Bonchev–Trinajstić information content (AvgIpc) is 2.57. The second-order valence-electron chi connectivity index (χ2n) is 4.82. The van der Waals surface area contributed by atoms with Gasteiger partial charge >= 0.3 is 0 Å². The lowest BCUT2D eigenvalue weighted by Gasteiger charge is -1.96. The van der Waals surface area contributed by atoms with Gasteiger partial charge in [-0.1, -0.05) is 68.3 Å². The average molecular weight is 448 g/mol. The Hall–Kier alpha value is -2.18. The molecule has 0 amide bonds. The Morgan fingerprint density at radius 2 is 1.12 bits per heavy atom. The van der Waals surface area contributed by atoms with Gasteiger partial charge in [0.1, 0.15) is 0 Å². The van der Waals surface area contributed by atoms with Crippen molar-refractivity contribution in [3.05, 3.63) is 80.8 Å². The normalized spacial score (nSPS) is 10.9. The number of nitrogens with two attached hydrogens (primary N) is 2. The summed E-state index contributed by atoms with van der Waals surface area (Å²) in [6.07, 6.45) is 7.59. The fraction of sp³-hybridized carbons (Fsp3) is 0. The van der Waals surface area contributed by atoms with Crippen molar-refractivity contribution in [3.8, 4) is 0 Å². The number of hydrogen-bond acceptors (Lipinski definition) is 2. The number of guanidine groups is 1. The van der Waals surface area contributed by atoms with Crippen molar-refractivity contribution in [1.29, 1.82) is 0 Å². The molecule has 0 aliphatic rings. The molecular formula is C18H16Br2N4. The van der Waals surface area contributed by atoms with Gasteiger partial charge in [-0.3, -0.25) is 0 Å². The summed E-state index contributed by atoms with van der Waals surface area (Å²) in [5.41, 5.74) is 13.4. The Bertz CT molecular complexity index is 727. The minimum absolute atomic E-state index is 0.0819. The quantitative estimate of drug-likeness (QED) is 0.400. The van der Waals surface area contributed by atoms with Gasteiger partial charge in [0.15, 0.2) is 0 Å². The van der Waals surface area contributed by atoms with Crippen molar-refractivity contribution < 1.29 is 0 Å². The number of hydrogen-bond donors (Lipinski definition) is 2. The predicted octanol–water partition coefficient (Wildman–Crippen LogP) is 4.57. The highest BCUT2D eigenvalue weighted by Crippen LogP contribution is 2.13. The fourth-order valence-corrected chi connectivity index (χ4v) is 2.28. The molecule has 0 saturated heterocycles. The smallest absolute Gasteiger partial charge is 0.211 e. The topological polar surface area (TPSA) is 76.8 Å². The molecule has 0 saturated carbocycles. The maximum atomic E-state index is 5.35. The zero-order valence-corrected chi connectivity index (χ0v) is 15.9. The minimum atomic E-state index is -0.0819. The maximum absolute atomic E-state index is 5.35. The first kappa shape index (κ1) is 18.2. The molecule has 0 heterocycles. The van der Waals surface area contributed by atoms with Crippen LogP contribution >= 0.6 is 31.9 Å². The van der Waals surface area contributed by atoms with Crippen molar-refractivity contribution in [2.45, 2.75) is 0 Å². The van der Waals surface area contributed by atoms with Crippen LogP contribution in [-0.4, -0.2) is 11.7 Å². The highest BCUT2D eigenvalue weighted by molar-refractivity contribution is 9.10. The van der Waals surface area contributed by atoms with Crippen molar-refractivity contribution in [1.82, 2.24) is 0 Å². The van der Waals surface area contributed by atoms with Crippen LogP contribution in [0.15, 0.2) is 79.8 Å². The molecule has 2 aromatic carbocycles. The predicted molar refractivity (Wildman–Crippen MR) is 110 cm³/mol. The lowest BCUT2D eigenvalue weighted by atomic mass is 10.1. The lowest BCUT2D eigenvalue weighted by Crippen LogP contribution is -2.22. The van der Waals surface area contributed by atoms with Crippen LogP contribution in [0.1, 0.15) is 11.1 Å². The van der Waals surface area contributed by atoms with E-state index < -0.39 is 0 Å². The van der Waals surface area contributed by atoms with E-state index in [1.807, 2.05) is 72.8 Å². The van der Waals surface area contributed by atoms with Gasteiger partial charge < -0.3 is 11.5 Å². The van der Waals surface area contributed by atoms with Crippen molar-refractivity contribution >= 4 is 55.7 Å². The highest BCUT2D eigenvalue weighted by atomic mass is 79.9. The van der Waals surface area contributed by atoms with Crippen LogP contribution in [0.2, 0.25) is 0 Å². The molecule has 2 aromatic rings. The first-order chi connectivity index (χ1) is 11.5. The van der Waals surface area contributed by atoms with Crippen LogP contribution in [0.3, 0.4) is 0 Å². The first-order valence-corrected chi connectivity index (χ1v) is 8.65. The number of allylic oxidation sites excluding steroid dienone is 2. The Labute approximate surface area is 157 Å². The van der Waals surface area contributed by atoms with Crippen LogP contribution < -0.4 is 11.5 Å². The van der Waals surface area contributed by atoms with Gasteiger partial charge in [0, 0.05) is 8.95 Å². The van der Waals surface area contributed by atoms with Gasteiger partial charge in [-0.25, -0.2) is 0 Å². The summed E-state index contributed by atoms with van der Waals surface area (Å²) in [6.45, 7) is 0. The van der Waals surface area contributed by atoms with Crippen LogP contribution in [0.4, 0.5) is 0 Å². The van der Waals surface area contributed by atoms with Crippen LogP contribution in [-0.2, 0) is 0 Å². The summed E-state index contributed by atoms with van der Waals surface area (Å²) in [5.74, 6) is -0.0819. The second kappa shape index (κ2) is 9.20. The molecule has 0 aliphatic carbocycles. The van der Waals surface area contributed by atoms with Crippen molar-refractivity contribution in [2.24, 2.45) is 21.7 Å². The summed E-state index contributed by atoms with van der Waals surface area (Å²) in [6, 6.07) is 15.9. The summed E-state index contributed by atoms with van der Waals surface area (Å²) in [4.78, 5) is 0. The van der Waals surface area contributed by atoms with Gasteiger partial charge in [-0.05, 0) is 47.5 Å². The molecule has 0 radical (unpaired) electrons. The molecule has 122 valence electrons. The standard InChI is InChI=1S/C18H16Br2N4/c19-15-7-1-13(2-8-15)5-11-17(23-24-18(21)22)12-6-14-3-9-16(20)10-4-14/h1-12H,(H4,21,22,24)/b11-5+,12-6+. The summed E-state index contributed by atoms with van der Waals surface area (Å²) >= 11 is 6.83. The molecule has 0 spiro atoms. The largest absolute Gasteiger partial charge is 0.369 e. The van der Waals surface area contributed by atoms with E-state index in [9.17, 15) is 0 Å². The molecule has 6 heteroatoms. The van der Waals surface area contributed by atoms with E-state index in [-0.39, 0.29) is 5.96 Å². The molecular weight excluding hydrogens is 432 g/mol. The van der Waals surface area contributed by atoms with E-state index in [1.54, 1.807) is 0 Å². The van der Waals surface area contributed by atoms with Gasteiger partial charge in [0.05, 0.1) is 5.71 Å². The highest BCUT2D eigenvalue weighted by Gasteiger charge is 1.93. The third kappa shape index (κ3) is 6.52. The second-order valence-corrected chi connectivity index (χ2v) is 6.65. The zero-order valence-electron chi connectivity index (χ0n) is 12.7. The molecule has 4 nitrogen and oxygen atoms in total. The van der Waals surface area contributed by atoms with Crippen LogP contribution in [0.5, 0.6) is 0 Å². The molecule has 0 aromatic heterocycles. The molecule has 0 atom stereocenters. The number of nitrogens with zero attached hydrogens (tertiary/aromatic N) is 2. The van der Waals surface area contributed by atoms with E-state index in [0.29, 0.717) is 5.71 Å². The van der Waals surface area contributed by atoms with Crippen LogP contribution in [0.25, 0.3) is 12.2 Å². The zero-order chi connectivity index (χ0) is 17.4. The van der Waals surface area contributed by atoms with E-state index >= 15 is 0 Å². The number of rotatable bonds is 5. The van der Waals surface area contributed by atoms with Crippen LogP contribution in [0, 0.1) is 0 Å². The third-order valence-corrected chi connectivity index (χ3v) is 3.97. The summed E-state index contributed by atoms with van der Waals surface area (Å²) in [5, 5.41) is 7.77. The Balaban J connectivity index is 2.21. The van der Waals surface area contributed by atoms with Gasteiger partial charge in [-0.2, -0.15) is 0 Å². The molecule has 4 N–H and O–H groups in total. The fourth-order valence-electron chi connectivity index (χ4n) is 1.75. The number of halogens is 2. The molecule has 2 rings (SSSR count). The van der Waals surface area contributed by atoms with Gasteiger partial charge in [-0.15, -0.1) is 10.2 Å². The van der Waals surface area contributed by atoms with E-state index in [1.165, 1.54) is 0 Å². The summed E-state index contributed by atoms with van der Waals surface area (Å²) in [7, 11) is 0. The Kier molecular flexibility index (Phi) is 6.96. The molecule has 0 aliphatic heterocycles. The van der Waals surface area contributed by atoms with E-state index in [0.717, 1.165) is 20.1 Å². The first-order valence-electron chi connectivity index (χ1n) is 7.07. The van der Waals surface area contributed by atoms with Gasteiger partial charge in [0.2, 0.25) is 5.96 Å². The lowest BCUT2D eigenvalue weighted by molar-refractivity contribution is 1.21. The molecule has 0 unspecified atom stereocenters. The summed E-state index contributed by atoms with van der Waals surface area (Å²) < 4.78 is 2.06. The third-order valence-electron chi connectivity index (χ3n) is 2.91. The SMILES string of the molecule is NC(N)=NN=C(/C=C/c1ccc(Br)cc1)/C=C/c1ccc(Br)cc1. The van der Waals surface area contributed by atoms with Crippen molar-refractivity contribution in [2.75, 3.05) is 0 Å². The van der Waals surface area contributed by atoms with Crippen molar-refractivity contribution in [3.63, 3.8) is 0 Å². The monoisotopic (exact) mass is 446 g/mol. The molecule has 0 bridgehead atoms. The Morgan fingerprint density at radius 3 is 1.50 bits per heavy atom. The molecule has 24 heavy (non-hydrogen) atoms. The maximum Gasteiger partial charge on any atom is 0.211 e. The van der Waals surface area contributed by atoms with E-state index in [4.69, 9.17) is 11.5 Å². The molecule has 0 fully saturated rings. The number of benzene rings is 2. The minimum Gasteiger partial charge on any atom is -0.369 e. The Morgan fingerprint density at radius 1 is 0.708 bits per heavy atom. The van der Waals surface area contributed by atoms with E-state index in [2.05, 4.69) is 42.1 Å².